The Balaban J connectivity index is 1.64. The maximum absolute atomic E-state index is 13.4. The van der Waals surface area contributed by atoms with Crippen LogP contribution >= 0.6 is 0 Å². The van der Waals surface area contributed by atoms with E-state index in [9.17, 15) is 14.4 Å². The molecule has 8 heteroatoms. The van der Waals surface area contributed by atoms with Crippen LogP contribution in [0.3, 0.4) is 0 Å². The molecule has 0 saturated carbocycles. The minimum absolute atomic E-state index is 0.170. The Kier molecular flexibility index (Phi) is 6.77. The molecule has 2 atom stereocenters. The van der Waals surface area contributed by atoms with Gasteiger partial charge >= 0.3 is 6.09 Å². The van der Waals surface area contributed by atoms with Gasteiger partial charge in [0, 0.05) is 18.3 Å². The SMILES string of the molecule is COc1cccc(CN2C(=O)OC(c3ccc(NC(C)=O)cc3)C2C(=O)Nc2ccccc2)c1. The summed E-state index contributed by atoms with van der Waals surface area (Å²) in [5, 5.41) is 5.59. The monoisotopic (exact) mass is 459 g/mol. The number of carbonyl (C=O) groups is 3. The van der Waals surface area contributed by atoms with Crippen molar-refractivity contribution < 1.29 is 23.9 Å². The molecule has 1 fully saturated rings. The summed E-state index contributed by atoms with van der Waals surface area (Å²) in [6, 6.07) is 22.3. The van der Waals surface area contributed by atoms with Crippen LogP contribution in [0.5, 0.6) is 5.75 Å². The van der Waals surface area contributed by atoms with E-state index in [1.165, 1.54) is 11.8 Å². The Morgan fingerprint density at radius 3 is 2.32 bits per heavy atom. The lowest BCUT2D eigenvalue weighted by atomic mass is 10.00. The number of carbonyl (C=O) groups excluding carboxylic acids is 3. The van der Waals surface area contributed by atoms with Gasteiger partial charge in [-0.3, -0.25) is 14.5 Å². The number of ether oxygens (including phenoxy) is 2. The molecule has 4 rings (SSSR count). The summed E-state index contributed by atoms with van der Waals surface area (Å²) in [7, 11) is 1.57. The predicted molar refractivity (Wildman–Crippen MR) is 127 cm³/mol. The highest BCUT2D eigenvalue weighted by Crippen LogP contribution is 2.35. The summed E-state index contributed by atoms with van der Waals surface area (Å²) in [4.78, 5) is 39.1. The summed E-state index contributed by atoms with van der Waals surface area (Å²) >= 11 is 0. The fourth-order valence-corrected chi connectivity index (χ4v) is 3.87. The molecular formula is C26H25N3O5. The molecule has 0 bridgehead atoms. The van der Waals surface area contributed by atoms with Gasteiger partial charge in [-0.25, -0.2) is 4.79 Å². The van der Waals surface area contributed by atoms with Crippen LogP contribution in [0.25, 0.3) is 0 Å². The number of benzene rings is 3. The highest BCUT2D eigenvalue weighted by atomic mass is 16.6. The molecule has 0 radical (unpaired) electrons. The van der Waals surface area contributed by atoms with Crippen molar-refractivity contribution in [3.63, 3.8) is 0 Å². The lowest BCUT2D eigenvalue weighted by molar-refractivity contribution is -0.121. The van der Waals surface area contributed by atoms with Gasteiger partial charge in [0.25, 0.3) is 5.91 Å². The van der Waals surface area contributed by atoms with Crippen LogP contribution < -0.4 is 15.4 Å². The molecule has 3 amide bonds. The highest BCUT2D eigenvalue weighted by Gasteiger charge is 2.47. The summed E-state index contributed by atoms with van der Waals surface area (Å²) in [6.07, 6.45) is -1.42. The topological polar surface area (TPSA) is 97.0 Å². The average molecular weight is 460 g/mol. The molecule has 2 N–H and O–H groups in total. The third-order valence-electron chi connectivity index (χ3n) is 5.44. The summed E-state index contributed by atoms with van der Waals surface area (Å²) < 4.78 is 11.0. The highest BCUT2D eigenvalue weighted by molar-refractivity contribution is 5.98. The number of cyclic esters (lactones) is 1. The number of para-hydroxylation sites is 1. The smallest absolute Gasteiger partial charge is 0.411 e. The van der Waals surface area contributed by atoms with Gasteiger partial charge in [-0.15, -0.1) is 0 Å². The average Bonchev–Trinajstić information content (AvgIpc) is 3.16. The van der Waals surface area contributed by atoms with E-state index in [-0.39, 0.29) is 18.4 Å². The fourth-order valence-electron chi connectivity index (χ4n) is 3.87. The molecule has 1 aliphatic heterocycles. The molecule has 1 heterocycles. The van der Waals surface area contributed by atoms with Gasteiger partial charge in [0.1, 0.15) is 5.75 Å². The zero-order valence-corrected chi connectivity index (χ0v) is 18.9. The Morgan fingerprint density at radius 2 is 1.65 bits per heavy atom. The van der Waals surface area contributed by atoms with Crippen molar-refractivity contribution in [3.8, 4) is 5.75 Å². The molecule has 8 nitrogen and oxygen atoms in total. The van der Waals surface area contributed by atoms with Gasteiger partial charge in [-0.2, -0.15) is 0 Å². The number of anilines is 2. The molecule has 174 valence electrons. The van der Waals surface area contributed by atoms with E-state index in [0.717, 1.165) is 5.56 Å². The van der Waals surface area contributed by atoms with Crippen LogP contribution in [0.15, 0.2) is 78.9 Å². The maximum Gasteiger partial charge on any atom is 0.411 e. The number of methoxy groups -OCH3 is 1. The maximum atomic E-state index is 13.4. The van der Waals surface area contributed by atoms with Crippen LogP contribution in [-0.4, -0.2) is 36.0 Å². The lowest BCUT2D eigenvalue weighted by Crippen LogP contribution is -2.43. The quantitative estimate of drug-likeness (QED) is 0.547. The van der Waals surface area contributed by atoms with Gasteiger partial charge < -0.3 is 20.1 Å². The molecule has 3 aromatic carbocycles. The van der Waals surface area contributed by atoms with E-state index in [1.54, 1.807) is 43.5 Å². The number of hydrogen-bond donors (Lipinski definition) is 2. The molecule has 2 unspecified atom stereocenters. The zero-order valence-electron chi connectivity index (χ0n) is 18.9. The van der Waals surface area contributed by atoms with Crippen LogP contribution in [0.2, 0.25) is 0 Å². The normalized spacial score (nSPS) is 17.1. The molecule has 0 aliphatic carbocycles. The molecule has 0 aromatic heterocycles. The lowest BCUT2D eigenvalue weighted by Gasteiger charge is -2.24. The van der Waals surface area contributed by atoms with Crippen molar-refractivity contribution >= 4 is 29.3 Å². The molecule has 1 aliphatic rings. The van der Waals surface area contributed by atoms with E-state index in [0.29, 0.717) is 22.7 Å². The van der Waals surface area contributed by atoms with Gasteiger partial charge in [0.15, 0.2) is 12.1 Å². The zero-order chi connectivity index (χ0) is 24.1. The van der Waals surface area contributed by atoms with Crippen molar-refractivity contribution in [3.05, 3.63) is 90.0 Å². The Hall–Kier alpha value is -4.33. The van der Waals surface area contributed by atoms with Crippen molar-refractivity contribution in [2.24, 2.45) is 0 Å². The molecule has 0 spiro atoms. The van der Waals surface area contributed by atoms with E-state index < -0.39 is 18.2 Å². The van der Waals surface area contributed by atoms with E-state index in [1.807, 2.05) is 42.5 Å². The van der Waals surface area contributed by atoms with Gasteiger partial charge in [-0.1, -0.05) is 42.5 Å². The second-order valence-electron chi connectivity index (χ2n) is 7.89. The Labute approximate surface area is 197 Å². The first-order chi connectivity index (χ1) is 16.4. The van der Waals surface area contributed by atoms with Crippen molar-refractivity contribution in [2.75, 3.05) is 17.7 Å². The van der Waals surface area contributed by atoms with E-state index in [4.69, 9.17) is 9.47 Å². The molecule has 34 heavy (non-hydrogen) atoms. The third kappa shape index (κ3) is 5.17. The van der Waals surface area contributed by atoms with Gasteiger partial charge in [0.05, 0.1) is 13.7 Å². The van der Waals surface area contributed by atoms with Gasteiger partial charge in [0.2, 0.25) is 5.91 Å². The molecular weight excluding hydrogens is 434 g/mol. The number of amides is 3. The number of nitrogens with one attached hydrogen (secondary N) is 2. The van der Waals surface area contributed by atoms with Gasteiger partial charge in [-0.05, 0) is 47.5 Å². The first kappa shape index (κ1) is 22.8. The molecule has 1 saturated heterocycles. The number of hydrogen-bond acceptors (Lipinski definition) is 5. The van der Waals surface area contributed by atoms with Crippen LogP contribution in [0.1, 0.15) is 24.2 Å². The minimum atomic E-state index is -0.912. The van der Waals surface area contributed by atoms with Crippen molar-refractivity contribution in [2.45, 2.75) is 25.6 Å². The first-order valence-electron chi connectivity index (χ1n) is 10.8. The third-order valence-corrected chi connectivity index (χ3v) is 5.44. The Morgan fingerprint density at radius 1 is 0.941 bits per heavy atom. The van der Waals surface area contributed by atoms with Crippen molar-refractivity contribution in [1.82, 2.24) is 4.90 Å². The second-order valence-corrected chi connectivity index (χ2v) is 7.89. The van der Waals surface area contributed by atoms with Crippen LogP contribution in [-0.2, 0) is 20.9 Å². The first-order valence-corrected chi connectivity index (χ1v) is 10.8. The fraction of sp³-hybridized carbons (Fsp3) is 0.192. The summed E-state index contributed by atoms with van der Waals surface area (Å²) in [6.45, 7) is 1.59. The van der Waals surface area contributed by atoms with E-state index in [2.05, 4.69) is 10.6 Å². The summed E-state index contributed by atoms with van der Waals surface area (Å²) in [5.41, 5.74) is 2.67. The number of nitrogens with zero attached hydrogens (tertiary/aromatic N) is 1. The van der Waals surface area contributed by atoms with Crippen molar-refractivity contribution in [1.29, 1.82) is 0 Å². The Bertz CT molecular complexity index is 1180. The largest absolute Gasteiger partial charge is 0.497 e. The van der Waals surface area contributed by atoms with Crippen LogP contribution in [0, 0.1) is 0 Å². The minimum Gasteiger partial charge on any atom is -0.497 e. The van der Waals surface area contributed by atoms with E-state index >= 15 is 0 Å². The summed E-state index contributed by atoms with van der Waals surface area (Å²) in [5.74, 6) is 0.0981. The molecule has 3 aromatic rings. The van der Waals surface area contributed by atoms with Crippen LogP contribution in [0.4, 0.5) is 16.2 Å². The standard InChI is InChI=1S/C26H25N3O5/c1-17(30)27-21-13-11-19(12-14-21)24-23(25(31)28-20-8-4-3-5-9-20)29(26(32)34-24)16-18-7-6-10-22(15-18)33-2/h3-15,23-24H,16H2,1-2H3,(H,27,30)(H,28,31). The second kappa shape index (κ2) is 10.1. The number of rotatable bonds is 7. The predicted octanol–water partition coefficient (Wildman–Crippen LogP) is 4.35.